The number of aromatic nitrogens is 1. The van der Waals surface area contributed by atoms with Crippen LogP contribution in [0.5, 0.6) is 0 Å². The lowest BCUT2D eigenvalue weighted by atomic mass is 9.94. The molecule has 0 aliphatic rings. The van der Waals surface area contributed by atoms with Crippen LogP contribution in [0.3, 0.4) is 0 Å². The molecule has 2 aromatic rings. The summed E-state index contributed by atoms with van der Waals surface area (Å²) in [5.74, 6) is 0.0250. The summed E-state index contributed by atoms with van der Waals surface area (Å²) in [4.78, 5) is 16.2. The number of carbonyl (C=O) groups excluding carboxylic acids is 1. The van der Waals surface area contributed by atoms with E-state index in [-0.39, 0.29) is 5.78 Å². The van der Waals surface area contributed by atoms with Gasteiger partial charge in [0, 0.05) is 18.2 Å². The molecular weight excluding hydrogens is 248 g/mol. The lowest BCUT2D eigenvalue weighted by molar-refractivity contribution is 0.0992. The van der Waals surface area contributed by atoms with Crippen molar-refractivity contribution in [3.8, 4) is 6.07 Å². The van der Waals surface area contributed by atoms with Gasteiger partial charge >= 0.3 is 0 Å². The zero-order valence-electron chi connectivity index (χ0n) is 11.9. The Hall–Kier alpha value is -2.47. The van der Waals surface area contributed by atoms with Crippen LogP contribution in [0.2, 0.25) is 0 Å². The Morgan fingerprint density at radius 1 is 1.20 bits per heavy atom. The first-order chi connectivity index (χ1) is 9.51. The summed E-state index contributed by atoms with van der Waals surface area (Å²) in [6, 6.07) is 9.36. The molecule has 100 valence electrons. The minimum Gasteiger partial charge on any atom is -0.294 e. The van der Waals surface area contributed by atoms with Crippen molar-refractivity contribution in [3.63, 3.8) is 0 Å². The average molecular weight is 264 g/mol. The van der Waals surface area contributed by atoms with Crippen molar-refractivity contribution in [1.82, 2.24) is 4.98 Å². The van der Waals surface area contributed by atoms with Crippen LogP contribution in [-0.4, -0.2) is 10.8 Å². The smallest absolute Gasteiger partial charge is 0.168 e. The van der Waals surface area contributed by atoms with E-state index in [2.05, 4.69) is 24.0 Å². The molecule has 0 aliphatic heterocycles. The fraction of sp³-hybridized carbons (Fsp3) is 0.235. The number of benzene rings is 1. The van der Waals surface area contributed by atoms with Crippen molar-refractivity contribution in [1.29, 1.82) is 5.26 Å². The second kappa shape index (κ2) is 5.66. The normalized spacial score (nSPS) is 10.1. The number of nitriles is 1. The Morgan fingerprint density at radius 3 is 2.35 bits per heavy atom. The first-order valence-electron chi connectivity index (χ1n) is 6.47. The molecule has 0 atom stereocenters. The third-order valence-electron chi connectivity index (χ3n) is 3.38. The fourth-order valence-corrected chi connectivity index (χ4v) is 2.38. The van der Waals surface area contributed by atoms with Crippen molar-refractivity contribution >= 4 is 5.78 Å². The van der Waals surface area contributed by atoms with Crippen LogP contribution in [0.25, 0.3) is 0 Å². The number of carbonyl (C=O) groups is 1. The van der Waals surface area contributed by atoms with E-state index in [0.29, 0.717) is 17.7 Å². The zero-order chi connectivity index (χ0) is 14.7. The average Bonchev–Trinajstić information content (AvgIpc) is 2.42. The molecule has 3 nitrogen and oxygen atoms in total. The lowest BCUT2D eigenvalue weighted by Gasteiger charge is -2.10. The largest absolute Gasteiger partial charge is 0.294 e. The van der Waals surface area contributed by atoms with Gasteiger partial charge in [-0.2, -0.15) is 5.26 Å². The highest BCUT2D eigenvalue weighted by Gasteiger charge is 2.12. The van der Waals surface area contributed by atoms with Crippen LogP contribution in [0.4, 0.5) is 0 Å². The number of nitrogens with zero attached hydrogens (tertiary/aromatic N) is 2. The van der Waals surface area contributed by atoms with Gasteiger partial charge in [0.15, 0.2) is 5.78 Å². The molecule has 0 aliphatic carbocycles. The molecule has 3 heteroatoms. The monoisotopic (exact) mass is 264 g/mol. The highest BCUT2D eigenvalue weighted by atomic mass is 16.1. The van der Waals surface area contributed by atoms with Gasteiger partial charge in [-0.3, -0.25) is 4.79 Å². The minimum atomic E-state index is 0.0250. The van der Waals surface area contributed by atoms with Crippen molar-refractivity contribution in [3.05, 3.63) is 64.0 Å². The van der Waals surface area contributed by atoms with Crippen LogP contribution < -0.4 is 0 Å². The molecule has 0 saturated heterocycles. The Bertz CT molecular complexity index is 671. The van der Waals surface area contributed by atoms with E-state index in [1.807, 2.05) is 19.9 Å². The molecule has 2 rings (SSSR count). The molecule has 0 fully saturated rings. The highest BCUT2D eigenvalue weighted by molar-refractivity contribution is 5.97. The molecule has 0 spiro atoms. The van der Waals surface area contributed by atoms with Gasteiger partial charge < -0.3 is 0 Å². The molecule has 0 N–H and O–H groups in total. The van der Waals surface area contributed by atoms with E-state index < -0.39 is 0 Å². The molecule has 1 heterocycles. The van der Waals surface area contributed by atoms with Crippen LogP contribution in [0, 0.1) is 32.1 Å². The second-order valence-electron chi connectivity index (χ2n) is 5.02. The maximum atomic E-state index is 12.3. The predicted octanol–water partition coefficient (Wildman–Crippen LogP) is 3.30. The van der Waals surface area contributed by atoms with E-state index in [1.54, 1.807) is 12.1 Å². The Kier molecular flexibility index (Phi) is 3.95. The van der Waals surface area contributed by atoms with Crippen LogP contribution >= 0.6 is 0 Å². The number of rotatable bonds is 3. The molecule has 1 aromatic heterocycles. The summed E-state index contributed by atoms with van der Waals surface area (Å²) in [6.45, 7) is 6.11. The number of hydrogen-bond donors (Lipinski definition) is 0. The predicted molar refractivity (Wildman–Crippen MR) is 77.6 cm³/mol. The third kappa shape index (κ3) is 2.92. The van der Waals surface area contributed by atoms with Crippen LogP contribution in [0.15, 0.2) is 30.5 Å². The van der Waals surface area contributed by atoms with Gasteiger partial charge in [0.1, 0.15) is 11.8 Å². The molecule has 0 unspecified atom stereocenters. The van der Waals surface area contributed by atoms with E-state index in [4.69, 9.17) is 5.26 Å². The standard InChI is InChI=1S/C17H16N2O/c1-11-6-12(2)16(13(3)7-11)8-17(20)14-4-5-15(9-18)19-10-14/h4-7,10H,8H2,1-3H3. The molecule has 0 amide bonds. The molecule has 1 aromatic carbocycles. The van der Waals surface area contributed by atoms with Gasteiger partial charge in [-0.05, 0) is 49.6 Å². The van der Waals surface area contributed by atoms with Crippen LogP contribution in [0.1, 0.15) is 38.3 Å². The maximum absolute atomic E-state index is 12.3. The quantitative estimate of drug-likeness (QED) is 0.799. The maximum Gasteiger partial charge on any atom is 0.168 e. The molecule has 20 heavy (non-hydrogen) atoms. The number of Topliss-reactive ketones (excluding diaryl/α,β-unsaturated/α-hetero) is 1. The van der Waals surface area contributed by atoms with E-state index >= 15 is 0 Å². The van der Waals surface area contributed by atoms with Crippen molar-refractivity contribution in [2.24, 2.45) is 0 Å². The molecular formula is C17H16N2O. The Morgan fingerprint density at radius 2 is 1.85 bits per heavy atom. The first kappa shape index (κ1) is 14.0. The van der Waals surface area contributed by atoms with Crippen LogP contribution in [-0.2, 0) is 6.42 Å². The highest BCUT2D eigenvalue weighted by Crippen LogP contribution is 2.18. The summed E-state index contributed by atoms with van der Waals surface area (Å²) in [5.41, 5.74) is 5.42. The number of pyridine rings is 1. The summed E-state index contributed by atoms with van der Waals surface area (Å²) in [7, 11) is 0. The van der Waals surface area contributed by atoms with E-state index in [0.717, 1.165) is 16.7 Å². The van der Waals surface area contributed by atoms with Gasteiger partial charge in [-0.1, -0.05) is 17.7 Å². The van der Waals surface area contributed by atoms with E-state index in [1.165, 1.54) is 11.8 Å². The van der Waals surface area contributed by atoms with Gasteiger partial charge in [-0.15, -0.1) is 0 Å². The number of hydrogen-bond acceptors (Lipinski definition) is 3. The molecule has 0 radical (unpaired) electrons. The zero-order valence-corrected chi connectivity index (χ0v) is 11.9. The van der Waals surface area contributed by atoms with Gasteiger partial charge in [-0.25, -0.2) is 4.98 Å². The Balaban J connectivity index is 2.26. The lowest BCUT2D eigenvalue weighted by Crippen LogP contribution is -2.07. The summed E-state index contributed by atoms with van der Waals surface area (Å²) >= 11 is 0. The van der Waals surface area contributed by atoms with Gasteiger partial charge in [0.05, 0.1) is 0 Å². The van der Waals surface area contributed by atoms with Gasteiger partial charge in [0.25, 0.3) is 0 Å². The van der Waals surface area contributed by atoms with Crippen molar-refractivity contribution < 1.29 is 4.79 Å². The van der Waals surface area contributed by atoms with Gasteiger partial charge in [0.2, 0.25) is 0 Å². The summed E-state index contributed by atoms with van der Waals surface area (Å²) < 4.78 is 0. The number of aryl methyl sites for hydroxylation is 3. The topological polar surface area (TPSA) is 53.8 Å². The summed E-state index contributed by atoms with van der Waals surface area (Å²) in [5, 5.41) is 8.70. The van der Waals surface area contributed by atoms with E-state index in [9.17, 15) is 4.79 Å². The van der Waals surface area contributed by atoms with Crippen molar-refractivity contribution in [2.75, 3.05) is 0 Å². The molecule has 0 bridgehead atoms. The minimum absolute atomic E-state index is 0.0250. The van der Waals surface area contributed by atoms with Crippen molar-refractivity contribution in [2.45, 2.75) is 27.2 Å². The fourth-order valence-electron chi connectivity index (χ4n) is 2.38. The second-order valence-corrected chi connectivity index (χ2v) is 5.02. The first-order valence-corrected chi connectivity index (χ1v) is 6.47. The summed E-state index contributed by atoms with van der Waals surface area (Å²) in [6.07, 6.45) is 1.84. The molecule has 0 saturated carbocycles. The Labute approximate surface area is 118 Å². The SMILES string of the molecule is Cc1cc(C)c(CC(=O)c2ccc(C#N)nc2)c(C)c1. The number of ketones is 1. The third-order valence-corrected chi connectivity index (χ3v) is 3.38.